The van der Waals surface area contributed by atoms with E-state index in [-0.39, 0.29) is 18.6 Å². The Kier molecular flexibility index (Phi) is 4.43. The molecule has 1 amide bonds. The largest absolute Gasteiger partial charge is 0.394 e. The number of carbonyl (C=O) groups is 1. The molecular formula is C12H13BrINO2. The number of halogens is 2. The second kappa shape index (κ2) is 5.67. The van der Waals surface area contributed by atoms with Crippen molar-refractivity contribution in [2.45, 2.75) is 18.9 Å². The lowest BCUT2D eigenvalue weighted by Crippen LogP contribution is -2.37. The predicted molar refractivity (Wildman–Crippen MR) is 78.0 cm³/mol. The molecule has 0 bridgehead atoms. The number of hydrogen-bond acceptors (Lipinski definition) is 2. The third-order valence-corrected chi connectivity index (χ3v) is 4.37. The van der Waals surface area contributed by atoms with Crippen LogP contribution in [0.2, 0.25) is 0 Å². The van der Waals surface area contributed by atoms with Gasteiger partial charge in [0.1, 0.15) is 0 Å². The quantitative estimate of drug-likeness (QED) is 0.763. The van der Waals surface area contributed by atoms with Crippen molar-refractivity contribution in [2.75, 3.05) is 13.2 Å². The van der Waals surface area contributed by atoms with Gasteiger partial charge in [-0.05, 0) is 69.6 Å². The lowest BCUT2D eigenvalue weighted by atomic mass is 10.2. The molecular weight excluding hydrogens is 397 g/mol. The van der Waals surface area contributed by atoms with E-state index in [1.807, 2.05) is 18.2 Å². The second-order valence-corrected chi connectivity index (χ2v) is 6.20. The van der Waals surface area contributed by atoms with E-state index in [9.17, 15) is 9.90 Å². The fraction of sp³-hybridized carbons (Fsp3) is 0.417. The third-order valence-electron chi connectivity index (χ3n) is 3.01. The van der Waals surface area contributed by atoms with Crippen LogP contribution in [-0.2, 0) is 0 Å². The van der Waals surface area contributed by atoms with E-state index in [2.05, 4.69) is 38.5 Å². The van der Waals surface area contributed by atoms with Gasteiger partial charge in [0.15, 0.2) is 0 Å². The zero-order valence-corrected chi connectivity index (χ0v) is 12.9. The topological polar surface area (TPSA) is 40.5 Å². The van der Waals surface area contributed by atoms with Crippen LogP contribution in [0.25, 0.3) is 0 Å². The molecule has 1 fully saturated rings. The smallest absolute Gasteiger partial charge is 0.255 e. The van der Waals surface area contributed by atoms with Gasteiger partial charge in [0.05, 0.1) is 18.2 Å². The Morgan fingerprint density at radius 1 is 1.59 bits per heavy atom. The molecule has 1 heterocycles. The highest BCUT2D eigenvalue weighted by Gasteiger charge is 2.29. The van der Waals surface area contributed by atoms with Crippen molar-refractivity contribution >= 4 is 44.4 Å². The molecule has 1 aromatic carbocycles. The van der Waals surface area contributed by atoms with Gasteiger partial charge in [-0.25, -0.2) is 0 Å². The van der Waals surface area contributed by atoms with Crippen molar-refractivity contribution in [2.24, 2.45) is 0 Å². The van der Waals surface area contributed by atoms with Crippen LogP contribution in [-0.4, -0.2) is 35.1 Å². The first kappa shape index (κ1) is 13.3. The number of nitrogens with zero attached hydrogens (tertiary/aromatic N) is 1. The number of aliphatic hydroxyl groups is 1. The highest BCUT2D eigenvalue weighted by Crippen LogP contribution is 2.25. The highest BCUT2D eigenvalue weighted by molar-refractivity contribution is 14.1. The van der Waals surface area contributed by atoms with Crippen LogP contribution in [0, 0.1) is 3.57 Å². The number of aliphatic hydroxyl groups excluding tert-OH is 1. The number of benzene rings is 1. The lowest BCUT2D eigenvalue weighted by molar-refractivity contribution is 0.0676. The van der Waals surface area contributed by atoms with Crippen LogP contribution in [0.1, 0.15) is 23.2 Å². The van der Waals surface area contributed by atoms with E-state index < -0.39 is 0 Å². The predicted octanol–water partition coefficient (Wildman–Crippen LogP) is 2.65. The monoisotopic (exact) mass is 409 g/mol. The van der Waals surface area contributed by atoms with Crippen molar-refractivity contribution in [1.82, 2.24) is 4.90 Å². The molecule has 3 nitrogen and oxygen atoms in total. The normalized spacial score (nSPS) is 19.7. The summed E-state index contributed by atoms with van der Waals surface area (Å²) in [6.45, 7) is 0.787. The van der Waals surface area contributed by atoms with Crippen molar-refractivity contribution in [3.63, 3.8) is 0 Å². The van der Waals surface area contributed by atoms with Crippen LogP contribution in [0.3, 0.4) is 0 Å². The van der Waals surface area contributed by atoms with Crippen LogP contribution in [0.4, 0.5) is 0 Å². The highest BCUT2D eigenvalue weighted by atomic mass is 127. The van der Waals surface area contributed by atoms with Gasteiger partial charge < -0.3 is 10.0 Å². The minimum atomic E-state index is -0.0210. The number of likely N-dealkylation sites (tertiary alicyclic amines) is 1. The molecule has 1 unspecified atom stereocenters. The van der Waals surface area contributed by atoms with Gasteiger partial charge in [0, 0.05) is 14.6 Å². The van der Waals surface area contributed by atoms with Crippen molar-refractivity contribution in [3.8, 4) is 0 Å². The summed E-state index contributed by atoms with van der Waals surface area (Å²) in [4.78, 5) is 14.1. The maximum atomic E-state index is 12.4. The maximum absolute atomic E-state index is 12.4. The Morgan fingerprint density at radius 3 is 3.06 bits per heavy atom. The minimum absolute atomic E-state index is 0.00643. The summed E-state index contributed by atoms with van der Waals surface area (Å²) in [6, 6.07) is 5.69. The van der Waals surface area contributed by atoms with E-state index in [4.69, 9.17) is 0 Å². The van der Waals surface area contributed by atoms with Gasteiger partial charge in [0.25, 0.3) is 5.91 Å². The standard InChI is InChI=1S/C12H13BrINO2/c13-11-4-3-8(14)6-10(11)12(17)15-5-1-2-9(15)7-16/h3-4,6,9,16H,1-2,5,7H2. The molecule has 0 spiro atoms. The van der Waals surface area contributed by atoms with Crippen LogP contribution >= 0.6 is 38.5 Å². The molecule has 1 N–H and O–H groups in total. The van der Waals surface area contributed by atoms with Gasteiger partial charge in [-0.3, -0.25) is 4.79 Å². The van der Waals surface area contributed by atoms with Gasteiger partial charge in [-0.15, -0.1) is 0 Å². The first-order valence-corrected chi connectivity index (χ1v) is 7.37. The molecule has 17 heavy (non-hydrogen) atoms. The van der Waals surface area contributed by atoms with E-state index in [0.29, 0.717) is 5.56 Å². The molecule has 1 aromatic rings. The fourth-order valence-corrected chi connectivity index (χ4v) is 3.02. The zero-order chi connectivity index (χ0) is 12.4. The van der Waals surface area contributed by atoms with E-state index >= 15 is 0 Å². The molecule has 0 radical (unpaired) electrons. The number of hydrogen-bond donors (Lipinski definition) is 1. The third kappa shape index (κ3) is 2.82. The summed E-state index contributed by atoms with van der Waals surface area (Å²) in [5.74, 6) is 0.00643. The molecule has 0 aliphatic carbocycles. The molecule has 92 valence electrons. The van der Waals surface area contributed by atoms with Gasteiger partial charge in [-0.2, -0.15) is 0 Å². The van der Waals surface area contributed by atoms with E-state index in [1.165, 1.54) is 0 Å². The number of amides is 1. The van der Waals surface area contributed by atoms with Crippen LogP contribution in [0.5, 0.6) is 0 Å². The summed E-state index contributed by atoms with van der Waals surface area (Å²) < 4.78 is 1.85. The van der Waals surface area contributed by atoms with E-state index in [0.717, 1.165) is 27.4 Å². The van der Waals surface area contributed by atoms with Gasteiger partial charge in [0.2, 0.25) is 0 Å². The number of rotatable bonds is 2. The maximum Gasteiger partial charge on any atom is 0.255 e. The first-order valence-electron chi connectivity index (χ1n) is 5.50. The average molecular weight is 410 g/mol. The Labute approximate surface area is 122 Å². The van der Waals surface area contributed by atoms with Gasteiger partial charge >= 0.3 is 0 Å². The molecule has 2 rings (SSSR count). The SMILES string of the molecule is O=C(c1cc(I)ccc1Br)N1CCCC1CO. The Morgan fingerprint density at radius 2 is 2.35 bits per heavy atom. The second-order valence-electron chi connectivity index (χ2n) is 4.10. The number of carbonyl (C=O) groups excluding carboxylic acids is 1. The summed E-state index contributed by atoms with van der Waals surface area (Å²) in [5, 5.41) is 9.25. The molecule has 1 atom stereocenters. The Balaban J connectivity index is 2.27. The van der Waals surface area contributed by atoms with Crippen molar-refractivity contribution in [3.05, 3.63) is 31.8 Å². The summed E-state index contributed by atoms with van der Waals surface area (Å²) in [7, 11) is 0. The fourth-order valence-electron chi connectivity index (χ4n) is 2.11. The molecule has 0 aromatic heterocycles. The van der Waals surface area contributed by atoms with E-state index in [1.54, 1.807) is 4.90 Å². The molecule has 5 heteroatoms. The minimum Gasteiger partial charge on any atom is -0.394 e. The first-order chi connectivity index (χ1) is 8.13. The lowest BCUT2D eigenvalue weighted by Gasteiger charge is -2.23. The van der Waals surface area contributed by atoms with Crippen LogP contribution in [0.15, 0.2) is 22.7 Å². The van der Waals surface area contributed by atoms with Crippen molar-refractivity contribution in [1.29, 1.82) is 0 Å². The van der Waals surface area contributed by atoms with Gasteiger partial charge in [-0.1, -0.05) is 0 Å². The van der Waals surface area contributed by atoms with Crippen molar-refractivity contribution < 1.29 is 9.90 Å². The van der Waals surface area contributed by atoms with Crippen LogP contribution < -0.4 is 0 Å². The molecule has 1 saturated heterocycles. The zero-order valence-electron chi connectivity index (χ0n) is 9.20. The molecule has 1 aliphatic heterocycles. The summed E-state index contributed by atoms with van der Waals surface area (Å²) >= 11 is 5.60. The Hall–Kier alpha value is -0.140. The average Bonchev–Trinajstić information content (AvgIpc) is 2.79. The Bertz CT molecular complexity index is 439. The molecule has 1 aliphatic rings. The summed E-state index contributed by atoms with van der Waals surface area (Å²) in [5.41, 5.74) is 0.678. The summed E-state index contributed by atoms with van der Waals surface area (Å²) in [6.07, 6.45) is 1.86. The molecule has 0 saturated carbocycles.